The first kappa shape index (κ1) is 13.8. The molecule has 1 aromatic carbocycles. The van der Waals surface area contributed by atoms with Crippen molar-refractivity contribution in [3.8, 4) is 11.8 Å². The Labute approximate surface area is 117 Å². The minimum Gasteiger partial charge on any atom is -0.324 e. The summed E-state index contributed by atoms with van der Waals surface area (Å²) < 4.78 is 1.60. The number of amides is 1. The van der Waals surface area contributed by atoms with Crippen LogP contribution in [0.25, 0.3) is 0 Å². The monoisotopic (exact) mass is 268 g/mol. The summed E-state index contributed by atoms with van der Waals surface area (Å²) in [6.07, 6.45) is 3.40. The van der Waals surface area contributed by atoms with Crippen LogP contribution in [0.4, 0.5) is 5.69 Å². The lowest BCUT2D eigenvalue weighted by molar-refractivity contribution is -0.119. The van der Waals surface area contributed by atoms with Crippen LogP contribution < -0.4 is 11.1 Å². The van der Waals surface area contributed by atoms with E-state index in [-0.39, 0.29) is 11.9 Å². The molecule has 0 saturated carbocycles. The molecule has 0 aliphatic heterocycles. The normalized spacial score (nSPS) is 11.3. The Morgan fingerprint density at radius 2 is 2.35 bits per heavy atom. The number of carbonyl (C=O) groups excluding carboxylic acids is 1. The highest BCUT2D eigenvalue weighted by molar-refractivity contribution is 5.93. The summed E-state index contributed by atoms with van der Waals surface area (Å²) in [5, 5.41) is 6.90. The largest absolute Gasteiger partial charge is 0.324 e. The molecule has 2 rings (SSSR count). The molecule has 102 valence electrons. The third kappa shape index (κ3) is 3.46. The average Bonchev–Trinajstić information content (AvgIpc) is 2.98. The molecule has 0 spiro atoms. The van der Waals surface area contributed by atoms with E-state index in [0.717, 1.165) is 5.56 Å². The number of aromatic nitrogens is 2. The maximum atomic E-state index is 12.1. The van der Waals surface area contributed by atoms with E-state index in [2.05, 4.69) is 22.3 Å². The first-order valence-electron chi connectivity index (χ1n) is 6.29. The number of nitrogens with zero attached hydrogens (tertiary/aromatic N) is 2. The lowest BCUT2D eigenvalue weighted by Gasteiger charge is -2.12. The third-order valence-electron chi connectivity index (χ3n) is 2.77. The molecule has 1 aromatic heterocycles. The Balaban J connectivity index is 2.08. The molecule has 3 N–H and O–H groups in total. The van der Waals surface area contributed by atoms with E-state index in [9.17, 15) is 4.79 Å². The van der Waals surface area contributed by atoms with Gasteiger partial charge in [-0.15, -0.1) is 0 Å². The third-order valence-corrected chi connectivity index (χ3v) is 2.77. The van der Waals surface area contributed by atoms with Gasteiger partial charge in [0, 0.05) is 23.6 Å². The minimum absolute atomic E-state index is 0.127. The zero-order valence-corrected chi connectivity index (χ0v) is 11.2. The molecule has 1 unspecified atom stereocenters. The molecule has 1 atom stereocenters. The summed E-state index contributed by atoms with van der Waals surface area (Å²) in [6.45, 7) is 2.10. The number of rotatable bonds is 3. The van der Waals surface area contributed by atoms with Gasteiger partial charge in [-0.3, -0.25) is 9.48 Å². The minimum atomic E-state index is -0.371. The van der Waals surface area contributed by atoms with E-state index >= 15 is 0 Å². The molecule has 0 bridgehead atoms. The van der Waals surface area contributed by atoms with Gasteiger partial charge in [0.05, 0.1) is 6.54 Å². The Morgan fingerprint density at radius 1 is 1.50 bits per heavy atom. The SMILES string of the molecule is CC(C(=O)Nc1cccc(C#CCN)c1)n1cccn1. The van der Waals surface area contributed by atoms with E-state index in [1.54, 1.807) is 30.1 Å². The number of hydrogen-bond acceptors (Lipinski definition) is 3. The van der Waals surface area contributed by atoms with Crippen LogP contribution in [0.3, 0.4) is 0 Å². The number of hydrogen-bond donors (Lipinski definition) is 2. The van der Waals surface area contributed by atoms with Crippen molar-refractivity contribution in [2.75, 3.05) is 11.9 Å². The van der Waals surface area contributed by atoms with Gasteiger partial charge in [-0.1, -0.05) is 17.9 Å². The predicted molar refractivity (Wildman–Crippen MR) is 77.9 cm³/mol. The number of benzene rings is 1. The van der Waals surface area contributed by atoms with Crippen molar-refractivity contribution in [2.45, 2.75) is 13.0 Å². The van der Waals surface area contributed by atoms with Crippen LogP contribution in [0.5, 0.6) is 0 Å². The number of nitrogens with two attached hydrogens (primary N) is 1. The highest BCUT2D eigenvalue weighted by Crippen LogP contribution is 2.13. The summed E-state index contributed by atoms with van der Waals surface area (Å²) in [6, 6.07) is 8.76. The molecule has 1 amide bonds. The second-order valence-electron chi connectivity index (χ2n) is 4.24. The smallest absolute Gasteiger partial charge is 0.248 e. The van der Waals surface area contributed by atoms with Crippen molar-refractivity contribution in [3.05, 3.63) is 48.3 Å². The van der Waals surface area contributed by atoms with Crippen LogP contribution >= 0.6 is 0 Å². The Morgan fingerprint density at radius 3 is 3.05 bits per heavy atom. The lowest BCUT2D eigenvalue weighted by Crippen LogP contribution is -2.23. The van der Waals surface area contributed by atoms with Crippen molar-refractivity contribution in [2.24, 2.45) is 5.73 Å². The van der Waals surface area contributed by atoms with Gasteiger partial charge >= 0.3 is 0 Å². The van der Waals surface area contributed by atoms with Crippen molar-refractivity contribution in [1.82, 2.24) is 9.78 Å². The van der Waals surface area contributed by atoms with Gasteiger partial charge in [-0.2, -0.15) is 5.10 Å². The number of nitrogens with one attached hydrogen (secondary N) is 1. The fraction of sp³-hybridized carbons (Fsp3) is 0.200. The lowest BCUT2D eigenvalue weighted by atomic mass is 10.2. The molecule has 5 nitrogen and oxygen atoms in total. The standard InChI is InChI=1S/C15H16N4O/c1-12(19-10-4-9-17-19)15(20)18-14-7-2-5-13(11-14)6-3-8-16/h2,4-5,7,9-12H,8,16H2,1H3,(H,18,20). The van der Waals surface area contributed by atoms with Crippen molar-refractivity contribution < 1.29 is 4.79 Å². The quantitative estimate of drug-likeness (QED) is 0.826. The second kappa shape index (κ2) is 6.55. The molecule has 0 saturated heterocycles. The first-order chi connectivity index (χ1) is 9.70. The fourth-order valence-corrected chi connectivity index (χ4v) is 1.70. The van der Waals surface area contributed by atoms with Crippen molar-refractivity contribution >= 4 is 11.6 Å². The predicted octanol–water partition coefficient (Wildman–Crippen LogP) is 1.39. The average molecular weight is 268 g/mol. The Hall–Kier alpha value is -2.58. The van der Waals surface area contributed by atoms with Gasteiger partial charge in [0.1, 0.15) is 6.04 Å². The highest BCUT2D eigenvalue weighted by Gasteiger charge is 2.14. The molecule has 1 heterocycles. The maximum Gasteiger partial charge on any atom is 0.248 e. The van der Waals surface area contributed by atoms with Gasteiger partial charge in [0.2, 0.25) is 5.91 Å². The Bertz CT molecular complexity index is 637. The molecule has 0 radical (unpaired) electrons. The second-order valence-corrected chi connectivity index (χ2v) is 4.24. The van der Waals surface area contributed by atoms with Gasteiger partial charge in [-0.05, 0) is 31.2 Å². The van der Waals surface area contributed by atoms with E-state index in [4.69, 9.17) is 5.73 Å². The fourth-order valence-electron chi connectivity index (χ4n) is 1.70. The van der Waals surface area contributed by atoms with Gasteiger partial charge in [-0.25, -0.2) is 0 Å². The zero-order chi connectivity index (χ0) is 14.4. The molecular formula is C15H16N4O. The molecule has 5 heteroatoms. The van der Waals surface area contributed by atoms with Crippen molar-refractivity contribution in [1.29, 1.82) is 0 Å². The summed E-state index contributed by atoms with van der Waals surface area (Å²) in [7, 11) is 0. The topological polar surface area (TPSA) is 72.9 Å². The number of carbonyl (C=O) groups is 1. The molecule has 0 fully saturated rings. The molecule has 2 aromatic rings. The van der Waals surface area contributed by atoms with Gasteiger partial charge in [0.15, 0.2) is 0 Å². The summed E-state index contributed by atoms with van der Waals surface area (Å²) in [5.74, 6) is 5.58. The molecule has 0 aliphatic rings. The van der Waals surface area contributed by atoms with E-state index in [1.165, 1.54) is 0 Å². The maximum absolute atomic E-state index is 12.1. The van der Waals surface area contributed by atoms with Crippen LogP contribution in [0.2, 0.25) is 0 Å². The molecular weight excluding hydrogens is 252 g/mol. The van der Waals surface area contributed by atoms with Gasteiger partial charge < -0.3 is 11.1 Å². The highest BCUT2D eigenvalue weighted by atomic mass is 16.2. The molecule has 0 aliphatic carbocycles. The van der Waals surface area contributed by atoms with Crippen molar-refractivity contribution in [3.63, 3.8) is 0 Å². The van der Waals surface area contributed by atoms with Crippen LogP contribution in [0.1, 0.15) is 18.5 Å². The Kier molecular flexibility index (Phi) is 4.53. The van der Waals surface area contributed by atoms with E-state index < -0.39 is 0 Å². The number of anilines is 1. The van der Waals surface area contributed by atoms with Crippen LogP contribution in [-0.4, -0.2) is 22.2 Å². The van der Waals surface area contributed by atoms with Crippen LogP contribution in [0, 0.1) is 11.8 Å². The van der Waals surface area contributed by atoms with E-state index in [1.807, 2.05) is 24.3 Å². The zero-order valence-electron chi connectivity index (χ0n) is 11.2. The summed E-state index contributed by atoms with van der Waals surface area (Å²) in [5.41, 5.74) is 6.86. The summed E-state index contributed by atoms with van der Waals surface area (Å²) >= 11 is 0. The molecule has 20 heavy (non-hydrogen) atoms. The van der Waals surface area contributed by atoms with Crippen LogP contribution in [-0.2, 0) is 4.79 Å². The first-order valence-corrected chi connectivity index (χ1v) is 6.29. The van der Waals surface area contributed by atoms with E-state index in [0.29, 0.717) is 12.2 Å². The summed E-state index contributed by atoms with van der Waals surface area (Å²) in [4.78, 5) is 12.1. The van der Waals surface area contributed by atoms with Gasteiger partial charge in [0.25, 0.3) is 0 Å². The van der Waals surface area contributed by atoms with Crippen LogP contribution in [0.15, 0.2) is 42.7 Å².